The monoisotopic (exact) mass is 275 g/mol. The Hall–Kier alpha value is -2.14. The van der Waals surface area contributed by atoms with Gasteiger partial charge in [0.25, 0.3) is 0 Å². The zero-order chi connectivity index (χ0) is 14.5. The fourth-order valence-corrected chi connectivity index (χ4v) is 2.07. The van der Waals surface area contributed by atoms with Crippen LogP contribution in [0.15, 0.2) is 36.4 Å². The van der Waals surface area contributed by atoms with E-state index >= 15 is 0 Å². The number of nitrogens with zero attached hydrogens (tertiary/aromatic N) is 2. The van der Waals surface area contributed by atoms with E-state index in [0.717, 1.165) is 23.2 Å². The van der Waals surface area contributed by atoms with Gasteiger partial charge in [-0.05, 0) is 24.1 Å². The Morgan fingerprint density at radius 3 is 2.65 bits per heavy atom. The first kappa shape index (κ1) is 14.3. The largest absolute Gasteiger partial charge is 0.473 e. The maximum atomic E-state index is 13.0. The summed E-state index contributed by atoms with van der Waals surface area (Å²) in [4.78, 5) is 3.68. The molecule has 0 saturated heterocycles. The van der Waals surface area contributed by atoms with Gasteiger partial charge in [0.2, 0.25) is 11.8 Å². The topological polar surface area (TPSA) is 51.4 Å². The quantitative estimate of drug-likeness (QED) is 0.518. The van der Waals surface area contributed by atoms with E-state index in [1.807, 2.05) is 18.2 Å². The number of pyridine rings is 1. The van der Waals surface area contributed by atoms with Gasteiger partial charge in [-0.25, -0.2) is 5.84 Å². The van der Waals surface area contributed by atoms with Gasteiger partial charge < -0.3 is 9.75 Å². The number of hydrazine groups is 1. The highest BCUT2D eigenvalue weighted by atomic mass is 19.1. The van der Waals surface area contributed by atoms with Crippen LogP contribution in [-0.4, -0.2) is 12.0 Å². The summed E-state index contributed by atoms with van der Waals surface area (Å²) in [6.07, 6.45) is 0.872. The van der Waals surface area contributed by atoms with E-state index in [-0.39, 0.29) is 5.88 Å². The Morgan fingerprint density at radius 2 is 2.00 bits per heavy atom. The molecule has 0 saturated carbocycles. The molecule has 0 amide bonds. The van der Waals surface area contributed by atoms with Crippen LogP contribution < -0.4 is 15.6 Å². The average Bonchev–Trinajstić information content (AvgIpc) is 2.44. The van der Waals surface area contributed by atoms with Crippen molar-refractivity contribution < 1.29 is 9.13 Å². The maximum absolute atomic E-state index is 13.0. The molecule has 0 atom stereocenters. The predicted molar refractivity (Wildman–Crippen MR) is 76.9 cm³/mol. The van der Waals surface area contributed by atoms with E-state index in [9.17, 15) is 4.39 Å². The van der Waals surface area contributed by atoms with Crippen LogP contribution in [0.25, 0.3) is 0 Å². The van der Waals surface area contributed by atoms with Crippen molar-refractivity contribution in [2.45, 2.75) is 20.0 Å². The minimum Gasteiger partial charge on any atom is -0.473 e. The van der Waals surface area contributed by atoms with Gasteiger partial charge in [0.15, 0.2) is 0 Å². The zero-order valence-corrected chi connectivity index (χ0v) is 11.6. The van der Waals surface area contributed by atoms with Gasteiger partial charge in [0, 0.05) is 18.7 Å². The van der Waals surface area contributed by atoms with Crippen molar-refractivity contribution in [3.05, 3.63) is 53.5 Å². The second-order valence-electron chi connectivity index (χ2n) is 4.47. The summed E-state index contributed by atoms with van der Waals surface area (Å²) in [5.41, 5.74) is 3.03. The van der Waals surface area contributed by atoms with E-state index < -0.39 is 5.95 Å². The lowest BCUT2D eigenvalue weighted by Crippen LogP contribution is -2.27. The predicted octanol–water partition coefficient (Wildman–Crippen LogP) is 2.67. The standard InChI is InChI=1S/C15H18FN3O/c1-3-11-6-4-7-13(19(2)17)12(11)10-20-15-9-5-8-14(16)18-15/h4-9H,3,10,17H2,1-2H3. The van der Waals surface area contributed by atoms with Crippen molar-refractivity contribution in [2.24, 2.45) is 5.84 Å². The van der Waals surface area contributed by atoms with E-state index in [4.69, 9.17) is 10.6 Å². The highest BCUT2D eigenvalue weighted by Gasteiger charge is 2.10. The normalized spacial score (nSPS) is 10.4. The number of hydrogen-bond acceptors (Lipinski definition) is 4. The molecule has 0 fully saturated rings. The smallest absolute Gasteiger partial charge is 0.216 e. The molecule has 20 heavy (non-hydrogen) atoms. The van der Waals surface area contributed by atoms with Gasteiger partial charge in [-0.1, -0.05) is 25.1 Å². The highest BCUT2D eigenvalue weighted by Crippen LogP contribution is 2.24. The SMILES string of the molecule is CCc1cccc(N(C)N)c1COc1cccc(F)n1. The van der Waals surface area contributed by atoms with E-state index in [1.165, 1.54) is 6.07 Å². The third kappa shape index (κ3) is 3.24. The van der Waals surface area contributed by atoms with Gasteiger partial charge in [0.05, 0.1) is 5.69 Å². The molecule has 106 valence electrons. The Labute approximate surface area is 118 Å². The van der Waals surface area contributed by atoms with Gasteiger partial charge in [-0.3, -0.25) is 0 Å². The molecule has 2 N–H and O–H groups in total. The van der Waals surface area contributed by atoms with E-state index in [1.54, 1.807) is 24.2 Å². The highest BCUT2D eigenvalue weighted by molar-refractivity contribution is 5.55. The number of rotatable bonds is 5. The summed E-state index contributed by atoms with van der Waals surface area (Å²) >= 11 is 0. The number of benzene rings is 1. The summed E-state index contributed by atoms with van der Waals surface area (Å²) in [7, 11) is 1.78. The van der Waals surface area contributed by atoms with Gasteiger partial charge in [0.1, 0.15) is 6.61 Å². The van der Waals surface area contributed by atoms with Crippen molar-refractivity contribution in [3.63, 3.8) is 0 Å². The molecule has 2 rings (SSSR count). The summed E-state index contributed by atoms with van der Waals surface area (Å²) in [6, 6.07) is 10.4. The van der Waals surface area contributed by atoms with Gasteiger partial charge >= 0.3 is 0 Å². The van der Waals surface area contributed by atoms with Crippen LogP contribution >= 0.6 is 0 Å². The summed E-state index contributed by atoms with van der Waals surface area (Å²) < 4.78 is 18.6. The molecule has 0 bridgehead atoms. The molecular formula is C15H18FN3O. The molecule has 1 aromatic heterocycles. The molecule has 0 aliphatic rings. The molecule has 0 spiro atoms. The van der Waals surface area contributed by atoms with Crippen LogP contribution in [-0.2, 0) is 13.0 Å². The van der Waals surface area contributed by atoms with Crippen molar-refractivity contribution in [1.29, 1.82) is 0 Å². The maximum Gasteiger partial charge on any atom is 0.216 e. The molecule has 5 heteroatoms. The van der Waals surface area contributed by atoms with Crippen molar-refractivity contribution in [3.8, 4) is 5.88 Å². The molecule has 0 aliphatic carbocycles. The summed E-state index contributed by atoms with van der Waals surface area (Å²) in [6.45, 7) is 2.37. The molecule has 0 radical (unpaired) electrons. The van der Waals surface area contributed by atoms with Crippen LogP contribution in [0.3, 0.4) is 0 Å². The lowest BCUT2D eigenvalue weighted by atomic mass is 10.0. The van der Waals surface area contributed by atoms with Crippen LogP contribution in [0.2, 0.25) is 0 Å². The molecule has 2 aromatic rings. The minimum atomic E-state index is -0.553. The first-order chi connectivity index (χ1) is 9.61. The van der Waals surface area contributed by atoms with Gasteiger partial charge in [-0.2, -0.15) is 9.37 Å². The third-order valence-electron chi connectivity index (χ3n) is 3.06. The Morgan fingerprint density at radius 1 is 1.25 bits per heavy atom. The molecule has 1 heterocycles. The second kappa shape index (κ2) is 6.34. The van der Waals surface area contributed by atoms with Crippen LogP contribution in [0.5, 0.6) is 5.88 Å². The van der Waals surface area contributed by atoms with Crippen molar-refractivity contribution >= 4 is 5.69 Å². The minimum absolute atomic E-state index is 0.265. The first-order valence-corrected chi connectivity index (χ1v) is 6.46. The molecular weight excluding hydrogens is 257 g/mol. The summed E-state index contributed by atoms with van der Waals surface area (Å²) in [5.74, 6) is 5.55. The Balaban J connectivity index is 2.24. The lowest BCUT2D eigenvalue weighted by molar-refractivity contribution is 0.288. The number of nitrogens with two attached hydrogens (primary N) is 1. The average molecular weight is 275 g/mol. The number of anilines is 1. The van der Waals surface area contributed by atoms with Gasteiger partial charge in [-0.15, -0.1) is 0 Å². The molecule has 4 nitrogen and oxygen atoms in total. The van der Waals surface area contributed by atoms with Crippen molar-refractivity contribution in [2.75, 3.05) is 12.1 Å². The van der Waals surface area contributed by atoms with E-state index in [0.29, 0.717) is 6.61 Å². The zero-order valence-electron chi connectivity index (χ0n) is 11.6. The Kier molecular flexibility index (Phi) is 4.53. The fraction of sp³-hybridized carbons (Fsp3) is 0.267. The van der Waals surface area contributed by atoms with E-state index in [2.05, 4.69) is 11.9 Å². The Bertz CT molecular complexity index is 587. The number of aromatic nitrogens is 1. The molecule has 1 aromatic carbocycles. The van der Waals surface area contributed by atoms with Crippen LogP contribution in [0.4, 0.5) is 10.1 Å². The van der Waals surface area contributed by atoms with Crippen LogP contribution in [0.1, 0.15) is 18.1 Å². The second-order valence-corrected chi connectivity index (χ2v) is 4.47. The first-order valence-electron chi connectivity index (χ1n) is 6.46. The molecule has 0 aliphatic heterocycles. The summed E-state index contributed by atoms with van der Waals surface area (Å²) in [5, 5.41) is 1.55. The van der Waals surface area contributed by atoms with Crippen molar-refractivity contribution in [1.82, 2.24) is 4.98 Å². The number of ether oxygens (including phenoxy) is 1. The van der Waals surface area contributed by atoms with Crippen LogP contribution in [0, 0.1) is 5.95 Å². The lowest BCUT2D eigenvalue weighted by Gasteiger charge is -2.19. The molecule has 0 unspecified atom stereocenters. The fourth-order valence-electron chi connectivity index (χ4n) is 2.07. The number of aryl methyl sites for hydroxylation is 1. The number of halogens is 1. The number of hydrogen-bond donors (Lipinski definition) is 1. The third-order valence-corrected chi connectivity index (χ3v) is 3.06.